The maximum atomic E-state index is 6.01. The molecule has 270 valence electrons. The van der Waals surface area contributed by atoms with Gasteiger partial charge >= 0.3 is 0 Å². The number of nitrogens with two attached hydrogens (primary N) is 3. The summed E-state index contributed by atoms with van der Waals surface area (Å²) in [6, 6.07) is 3.41. The van der Waals surface area contributed by atoms with Crippen LogP contribution in [0, 0.1) is 32.5 Å². The van der Waals surface area contributed by atoms with E-state index in [1.807, 2.05) is 0 Å². The fraction of sp³-hybridized carbons (Fsp3) is 1.00. The van der Waals surface area contributed by atoms with Crippen molar-refractivity contribution in [2.24, 2.45) is 49.7 Å². The van der Waals surface area contributed by atoms with Crippen LogP contribution < -0.4 is 33.2 Å². The van der Waals surface area contributed by atoms with E-state index < -0.39 is 0 Å². The summed E-state index contributed by atoms with van der Waals surface area (Å²) >= 11 is 0. The summed E-state index contributed by atoms with van der Waals surface area (Å²) in [5, 5.41) is 11.1. The molecule has 0 aromatic carbocycles. The average molecular weight is 637 g/mol. The molecule has 0 amide bonds. The number of rotatable bonds is 9. The normalized spacial score (nSPS) is 35.8. The maximum absolute atomic E-state index is 6.01. The van der Waals surface area contributed by atoms with Gasteiger partial charge in [-0.3, -0.25) is 0 Å². The Morgan fingerprint density at radius 3 is 1.22 bits per heavy atom. The van der Waals surface area contributed by atoms with E-state index in [2.05, 4.69) is 120 Å². The molecule has 0 heterocycles. The van der Waals surface area contributed by atoms with Crippen LogP contribution in [-0.4, -0.2) is 55.9 Å². The molecule has 45 heavy (non-hydrogen) atoms. The highest BCUT2D eigenvalue weighted by Crippen LogP contribution is 2.47. The molecule has 6 heteroatoms. The zero-order chi connectivity index (χ0) is 35.1. The van der Waals surface area contributed by atoms with Gasteiger partial charge in [0.15, 0.2) is 0 Å². The highest BCUT2D eigenvalue weighted by Gasteiger charge is 2.42. The minimum atomic E-state index is 0.279. The van der Waals surface area contributed by atoms with E-state index in [0.717, 1.165) is 32.5 Å². The molecular formula is C39H84N6. The smallest absolute Gasteiger partial charge is 0.00801 e. The van der Waals surface area contributed by atoms with Gasteiger partial charge < -0.3 is 33.2 Å². The Labute approximate surface area is 282 Å². The summed E-state index contributed by atoms with van der Waals surface area (Å²) < 4.78 is 0. The van der Waals surface area contributed by atoms with E-state index in [0.29, 0.717) is 63.3 Å². The largest absolute Gasteiger partial charge is 0.330 e. The van der Waals surface area contributed by atoms with Gasteiger partial charge in [-0.2, -0.15) is 0 Å². The van der Waals surface area contributed by atoms with Gasteiger partial charge in [-0.25, -0.2) is 0 Å². The van der Waals surface area contributed by atoms with Crippen molar-refractivity contribution < 1.29 is 0 Å². The van der Waals surface area contributed by atoms with Crippen LogP contribution in [0.3, 0.4) is 0 Å². The summed E-state index contributed by atoms with van der Waals surface area (Å²) in [5.74, 6) is 0. The molecule has 0 bridgehead atoms. The first-order valence-electron chi connectivity index (χ1n) is 18.7. The highest BCUT2D eigenvalue weighted by molar-refractivity contribution is 4.97. The maximum Gasteiger partial charge on any atom is 0.00801 e. The zero-order valence-electron chi connectivity index (χ0n) is 33.2. The van der Waals surface area contributed by atoms with Crippen molar-refractivity contribution in [2.75, 3.05) is 19.6 Å². The fourth-order valence-corrected chi connectivity index (χ4v) is 10.1. The van der Waals surface area contributed by atoms with Crippen LogP contribution >= 0.6 is 0 Å². The molecule has 0 aliphatic heterocycles. The van der Waals surface area contributed by atoms with Crippen molar-refractivity contribution >= 4 is 0 Å². The quantitative estimate of drug-likeness (QED) is 0.155. The van der Waals surface area contributed by atoms with Crippen molar-refractivity contribution in [3.63, 3.8) is 0 Å². The molecule has 0 aromatic heterocycles. The molecule has 3 aliphatic carbocycles. The first-order valence-corrected chi connectivity index (χ1v) is 18.7. The topological polar surface area (TPSA) is 114 Å². The minimum absolute atomic E-state index is 0.279. The molecule has 6 nitrogen and oxygen atoms in total. The van der Waals surface area contributed by atoms with Crippen LogP contribution in [0.15, 0.2) is 0 Å². The Kier molecular flexibility index (Phi) is 16.1. The predicted octanol–water partition coefficient (Wildman–Crippen LogP) is 7.58. The van der Waals surface area contributed by atoms with Gasteiger partial charge in [-0.05, 0) is 103 Å². The summed E-state index contributed by atoms with van der Waals surface area (Å²) in [7, 11) is 0. The lowest BCUT2D eigenvalue weighted by Gasteiger charge is -2.48. The second-order valence-corrected chi connectivity index (χ2v) is 20.4. The van der Waals surface area contributed by atoms with Gasteiger partial charge in [0.2, 0.25) is 0 Å². The first kappa shape index (κ1) is 42.8. The van der Waals surface area contributed by atoms with Gasteiger partial charge in [0.25, 0.3) is 0 Å². The zero-order valence-corrected chi connectivity index (χ0v) is 33.2. The van der Waals surface area contributed by atoms with Crippen molar-refractivity contribution in [1.82, 2.24) is 16.0 Å². The number of hydrogen-bond acceptors (Lipinski definition) is 6. The van der Waals surface area contributed by atoms with Gasteiger partial charge in [-0.1, -0.05) is 104 Å². The Bertz CT molecular complexity index is 850. The standard InChI is InChI=1S/C16H34N2.C13H28N2.C10H22N2/c1-12(2)17-11-16(7)9-14(18-13(3)4)8-15(5,6)10-16;1-10(2)15-11-6-12(3,4)8-13(5,7-11)9-14;1-9(2)4-8(12)5-10(3,6-9)7-11/h12-14,17-18H,8-11H2,1-7H3;10-11,15H,6-9,14H2,1-5H3;8H,4-7,11-12H2,1-3H3. The molecule has 0 spiro atoms. The Morgan fingerprint density at radius 2 is 0.867 bits per heavy atom. The third-order valence-corrected chi connectivity index (χ3v) is 10.4. The van der Waals surface area contributed by atoms with E-state index in [4.69, 9.17) is 17.2 Å². The molecule has 6 atom stereocenters. The summed E-state index contributed by atoms with van der Waals surface area (Å²) in [5.41, 5.74) is 20.0. The summed E-state index contributed by atoms with van der Waals surface area (Å²) in [6.45, 7) is 37.4. The van der Waals surface area contributed by atoms with Gasteiger partial charge in [0, 0.05) is 42.8 Å². The Balaban J connectivity index is 0.000000344. The Morgan fingerprint density at radius 1 is 0.511 bits per heavy atom. The van der Waals surface area contributed by atoms with E-state index in [-0.39, 0.29) is 5.41 Å². The van der Waals surface area contributed by atoms with Crippen LogP contribution in [0.4, 0.5) is 0 Å². The highest BCUT2D eigenvalue weighted by atomic mass is 15.0. The molecule has 0 aromatic rings. The van der Waals surface area contributed by atoms with Crippen LogP contribution in [0.1, 0.15) is 162 Å². The summed E-state index contributed by atoms with van der Waals surface area (Å²) in [4.78, 5) is 0. The van der Waals surface area contributed by atoms with Crippen molar-refractivity contribution in [2.45, 2.75) is 198 Å². The number of nitrogens with one attached hydrogen (secondary N) is 3. The van der Waals surface area contributed by atoms with Gasteiger partial charge in [0.1, 0.15) is 0 Å². The minimum Gasteiger partial charge on any atom is -0.330 e. The van der Waals surface area contributed by atoms with Crippen LogP contribution in [0.2, 0.25) is 0 Å². The van der Waals surface area contributed by atoms with E-state index in [1.54, 1.807) is 0 Å². The lowest BCUT2D eigenvalue weighted by molar-refractivity contribution is 0.0660. The monoisotopic (exact) mass is 637 g/mol. The van der Waals surface area contributed by atoms with Gasteiger partial charge in [-0.15, -0.1) is 0 Å². The van der Waals surface area contributed by atoms with E-state index in [1.165, 1.54) is 44.9 Å². The van der Waals surface area contributed by atoms with Crippen molar-refractivity contribution in [3.8, 4) is 0 Å². The van der Waals surface area contributed by atoms with Crippen molar-refractivity contribution in [1.29, 1.82) is 0 Å². The molecule has 6 unspecified atom stereocenters. The molecule has 0 radical (unpaired) electrons. The molecular weight excluding hydrogens is 552 g/mol. The molecule has 3 fully saturated rings. The molecule has 3 aliphatic rings. The SMILES string of the molecule is CC(C)NC1CC(C)(C)CC(C)(CN)C1.CC(C)NCC1(C)CC(NC(C)C)CC(C)(C)C1.CC1(C)CC(N)CC(C)(CN)C1. The lowest BCUT2D eigenvalue weighted by Crippen LogP contribution is -2.50. The molecule has 9 N–H and O–H groups in total. The summed E-state index contributed by atoms with van der Waals surface area (Å²) in [6.07, 6.45) is 11.1. The van der Waals surface area contributed by atoms with Gasteiger partial charge in [0.05, 0.1) is 0 Å². The third-order valence-electron chi connectivity index (χ3n) is 10.4. The average Bonchev–Trinajstić information content (AvgIpc) is 2.79. The predicted molar refractivity (Wildman–Crippen MR) is 201 cm³/mol. The second-order valence-electron chi connectivity index (χ2n) is 20.4. The van der Waals surface area contributed by atoms with Crippen LogP contribution in [0.25, 0.3) is 0 Å². The second kappa shape index (κ2) is 16.9. The van der Waals surface area contributed by atoms with E-state index in [9.17, 15) is 0 Å². The molecule has 3 saturated carbocycles. The van der Waals surface area contributed by atoms with Crippen LogP contribution in [-0.2, 0) is 0 Å². The van der Waals surface area contributed by atoms with Crippen LogP contribution in [0.5, 0.6) is 0 Å². The fourth-order valence-electron chi connectivity index (χ4n) is 10.1. The molecule has 3 rings (SSSR count). The lowest BCUT2D eigenvalue weighted by atomic mass is 9.62. The molecule has 0 saturated heterocycles. The Hall–Kier alpha value is -0.240. The van der Waals surface area contributed by atoms with E-state index >= 15 is 0 Å². The van der Waals surface area contributed by atoms with Crippen molar-refractivity contribution in [3.05, 3.63) is 0 Å². The third kappa shape index (κ3) is 16.6. The first-order chi connectivity index (χ1) is 20.2. The number of hydrogen-bond donors (Lipinski definition) is 6.